The van der Waals surface area contributed by atoms with Crippen molar-refractivity contribution in [2.24, 2.45) is 0 Å². The molecule has 148 valence electrons. The number of rotatable bonds is 4. The van der Waals surface area contributed by atoms with Gasteiger partial charge in [-0.2, -0.15) is 26.3 Å². The highest BCUT2D eigenvalue weighted by molar-refractivity contribution is 9.11. The number of carbonyl (C=O) groups excluding carboxylic acids is 1. The molecule has 15 heteroatoms. The molecule has 2 rings (SSSR count). The van der Waals surface area contributed by atoms with Gasteiger partial charge < -0.3 is 9.64 Å². The lowest BCUT2D eigenvalue weighted by molar-refractivity contribution is -0.308. The van der Waals surface area contributed by atoms with Crippen molar-refractivity contribution in [3.63, 3.8) is 0 Å². The van der Waals surface area contributed by atoms with E-state index in [-0.39, 0.29) is 5.00 Å². The first-order valence-electron chi connectivity index (χ1n) is 6.58. The molecule has 1 saturated heterocycles. The second-order valence-corrected chi connectivity index (χ2v) is 8.41. The molecule has 6 nitrogen and oxygen atoms in total. The maximum Gasteiger partial charge on any atom is 0.434 e. The molecule has 26 heavy (non-hydrogen) atoms. The lowest BCUT2D eigenvalue weighted by Gasteiger charge is -2.42. The number of thiol groups is 1. The van der Waals surface area contributed by atoms with E-state index >= 15 is 0 Å². The van der Waals surface area contributed by atoms with Crippen LogP contribution in [0.15, 0.2) is 15.9 Å². The maximum absolute atomic E-state index is 12.4. The number of carbonyl (C=O) groups is 1. The summed E-state index contributed by atoms with van der Waals surface area (Å²) in [6, 6.07) is 2.21. The van der Waals surface area contributed by atoms with Gasteiger partial charge in [0.15, 0.2) is 0 Å². The summed E-state index contributed by atoms with van der Waals surface area (Å²) in [6.07, 6.45) is -17.7. The van der Waals surface area contributed by atoms with Crippen molar-refractivity contribution < 1.29 is 44.3 Å². The predicted octanol–water partition coefficient (Wildman–Crippen LogP) is 3.16. The molecule has 0 radical (unpaired) electrons. The van der Waals surface area contributed by atoms with E-state index in [4.69, 9.17) is 0 Å². The van der Waals surface area contributed by atoms with Crippen molar-refractivity contribution in [1.29, 1.82) is 0 Å². The maximum atomic E-state index is 12.4. The Morgan fingerprint density at radius 3 is 2.15 bits per heavy atom. The zero-order chi connectivity index (χ0) is 19.9. The van der Waals surface area contributed by atoms with Crippen molar-refractivity contribution in [3.05, 3.63) is 15.9 Å². The molecule has 1 aromatic rings. The van der Waals surface area contributed by atoms with Crippen LogP contribution in [0.2, 0.25) is 0 Å². The second kappa shape index (κ2) is 7.42. The minimum atomic E-state index is -5.81. The highest BCUT2D eigenvalue weighted by Crippen LogP contribution is 2.37. The first-order valence-corrected chi connectivity index (χ1v) is 9.32. The van der Waals surface area contributed by atoms with Gasteiger partial charge in [0.25, 0.3) is 6.10 Å². The molecule has 0 atom stereocenters. The van der Waals surface area contributed by atoms with Crippen LogP contribution >= 0.6 is 27.3 Å². The van der Waals surface area contributed by atoms with Gasteiger partial charge in [-0.25, -0.2) is 13.2 Å². The van der Waals surface area contributed by atoms with Gasteiger partial charge >= 0.3 is 18.4 Å². The van der Waals surface area contributed by atoms with Crippen molar-refractivity contribution in [1.82, 2.24) is 4.90 Å². The standard InChI is InChI=1S/C11H9BrF6N2O4S2/c12-6-1-2-7(25-6)20(26(22)23)5-3-19(4-5)9(21)24-8(10(13,14)15)11(16,17)18/h1-2,5,8,26H,3-4H2. The Labute approximate surface area is 156 Å². The number of halogens is 7. The van der Waals surface area contributed by atoms with Crippen molar-refractivity contribution in [3.8, 4) is 0 Å². The summed E-state index contributed by atoms with van der Waals surface area (Å²) in [7, 11) is -3.13. The minimum Gasteiger partial charge on any atom is -0.426 e. The number of hydrogen-bond donors (Lipinski definition) is 1. The number of likely N-dealkylation sites (tertiary alicyclic amines) is 1. The Bertz CT molecular complexity index is 722. The molecule has 1 aliphatic heterocycles. The number of hydrogen-bond acceptors (Lipinski definition) is 5. The number of amides is 1. The van der Waals surface area contributed by atoms with Crippen LogP contribution in [0.1, 0.15) is 0 Å². The number of thiophene rings is 1. The van der Waals surface area contributed by atoms with Gasteiger partial charge in [-0.3, -0.25) is 4.31 Å². The van der Waals surface area contributed by atoms with Crippen molar-refractivity contribution in [2.45, 2.75) is 24.5 Å². The monoisotopic (exact) mass is 490 g/mol. The molecule has 0 N–H and O–H groups in total. The van der Waals surface area contributed by atoms with Gasteiger partial charge in [0, 0.05) is 13.1 Å². The summed E-state index contributed by atoms with van der Waals surface area (Å²) in [5.41, 5.74) is 0. The van der Waals surface area contributed by atoms with E-state index in [0.29, 0.717) is 8.69 Å². The Balaban J connectivity index is 2.03. The number of nitrogens with zero attached hydrogens (tertiary/aromatic N) is 2. The first kappa shape index (κ1) is 21.1. The molecule has 1 aliphatic rings. The van der Waals surface area contributed by atoms with Gasteiger partial charge in [-0.1, -0.05) is 0 Å². The third-order valence-corrected chi connectivity index (χ3v) is 5.89. The quantitative estimate of drug-likeness (QED) is 0.520. The first-order chi connectivity index (χ1) is 11.8. The molecule has 0 unspecified atom stereocenters. The molecule has 1 fully saturated rings. The van der Waals surface area contributed by atoms with Gasteiger partial charge in [0.05, 0.1) is 9.83 Å². The molecule has 2 heterocycles. The summed E-state index contributed by atoms with van der Waals surface area (Å²) < 4.78 is 102. The van der Waals surface area contributed by atoms with Gasteiger partial charge in [0.2, 0.25) is 10.9 Å². The van der Waals surface area contributed by atoms with Crippen LogP contribution in [0, 0.1) is 0 Å². The van der Waals surface area contributed by atoms with E-state index in [1.165, 1.54) is 6.07 Å². The van der Waals surface area contributed by atoms with E-state index in [0.717, 1.165) is 15.6 Å². The highest BCUT2D eigenvalue weighted by atomic mass is 79.9. The lowest BCUT2D eigenvalue weighted by atomic mass is 10.1. The predicted molar refractivity (Wildman–Crippen MR) is 82.6 cm³/mol. The zero-order valence-corrected chi connectivity index (χ0v) is 15.5. The summed E-state index contributed by atoms with van der Waals surface area (Å²) in [5, 5.41) is 0.287. The Hall–Kier alpha value is -1.22. The fourth-order valence-corrected chi connectivity index (χ4v) is 4.38. The zero-order valence-electron chi connectivity index (χ0n) is 12.3. The van der Waals surface area contributed by atoms with Gasteiger partial charge in [0.1, 0.15) is 5.00 Å². The van der Waals surface area contributed by atoms with Crippen LogP contribution in [0.5, 0.6) is 0 Å². The normalized spacial score (nSPS) is 16.1. The summed E-state index contributed by atoms with van der Waals surface area (Å²) >= 11 is 4.19. The smallest absolute Gasteiger partial charge is 0.426 e. The minimum absolute atomic E-state index is 0.287. The SMILES string of the molecule is O=C(OC(C(F)(F)F)C(F)(F)F)N1CC(N(c2ccc(Br)s2)[SH](=O)=O)C1. The highest BCUT2D eigenvalue weighted by Gasteiger charge is 2.60. The van der Waals surface area contributed by atoms with E-state index in [1.807, 2.05) is 0 Å². The summed E-state index contributed by atoms with van der Waals surface area (Å²) in [5.74, 6) is 0. The van der Waals surface area contributed by atoms with Crippen LogP contribution in [-0.4, -0.2) is 57.0 Å². The molecule has 0 aliphatic carbocycles. The molecule has 1 aromatic heterocycles. The molecule has 0 aromatic carbocycles. The average molecular weight is 491 g/mol. The Morgan fingerprint density at radius 2 is 1.77 bits per heavy atom. The summed E-state index contributed by atoms with van der Waals surface area (Å²) in [4.78, 5) is 12.1. The molecular weight excluding hydrogens is 482 g/mol. The number of alkyl halides is 6. The van der Waals surface area contributed by atoms with Crippen molar-refractivity contribution in [2.75, 3.05) is 17.4 Å². The van der Waals surface area contributed by atoms with Gasteiger partial charge in [-0.15, -0.1) is 11.3 Å². The third kappa shape index (κ3) is 4.73. The van der Waals surface area contributed by atoms with Crippen LogP contribution in [-0.2, 0) is 15.6 Å². The fraction of sp³-hybridized carbons (Fsp3) is 0.545. The van der Waals surface area contributed by atoms with Crippen LogP contribution < -0.4 is 4.31 Å². The number of anilines is 1. The average Bonchev–Trinajstić information content (AvgIpc) is 2.82. The van der Waals surface area contributed by atoms with Crippen molar-refractivity contribution >= 4 is 49.3 Å². The van der Waals surface area contributed by atoms with E-state index < -0.39 is 54.6 Å². The van der Waals surface area contributed by atoms with Gasteiger partial charge in [-0.05, 0) is 28.1 Å². The third-order valence-electron chi connectivity index (χ3n) is 3.24. The molecule has 1 amide bonds. The molecule has 0 bridgehead atoms. The molecular formula is C11H9BrF6N2O4S2. The molecule has 0 spiro atoms. The summed E-state index contributed by atoms with van der Waals surface area (Å²) in [6.45, 7) is -0.805. The van der Waals surface area contributed by atoms with Crippen LogP contribution in [0.4, 0.5) is 36.1 Å². The second-order valence-electron chi connectivity index (χ2n) is 5.07. The Morgan fingerprint density at radius 1 is 1.23 bits per heavy atom. The fourth-order valence-electron chi connectivity index (χ4n) is 2.08. The van der Waals surface area contributed by atoms with E-state index in [2.05, 4.69) is 20.7 Å². The van der Waals surface area contributed by atoms with E-state index in [1.54, 1.807) is 6.07 Å². The Kier molecular flexibility index (Phi) is 6.02. The lowest BCUT2D eigenvalue weighted by Crippen LogP contribution is -2.62. The molecule has 0 saturated carbocycles. The van der Waals surface area contributed by atoms with Crippen LogP contribution in [0.25, 0.3) is 0 Å². The van der Waals surface area contributed by atoms with Crippen LogP contribution in [0.3, 0.4) is 0 Å². The van der Waals surface area contributed by atoms with E-state index in [9.17, 15) is 39.6 Å². The topological polar surface area (TPSA) is 66.9 Å². The number of ether oxygens (including phenoxy) is 1. The largest absolute Gasteiger partial charge is 0.434 e.